The molecular formula is C9H13ClOS. The van der Waals surface area contributed by atoms with Gasteiger partial charge in [0.25, 0.3) is 0 Å². The number of rotatable bonds is 3. The minimum atomic E-state index is -0.0335. The van der Waals surface area contributed by atoms with Gasteiger partial charge in [-0.15, -0.1) is 11.3 Å². The summed E-state index contributed by atoms with van der Waals surface area (Å²) in [5, 5.41) is 11.7. The molecule has 68 valence electrons. The first-order valence-corrected chi connectivity index (χ1v) is 5.13. The van der Waals surface area contributed by atoms with Crippen LogP contribution in [0.25, 0.3) is 0 Å². The van der Waals surface area contributed by atoms with Crippen molar-refractivity contribution in [2.75, 3.05) is 6.61 Å². The summed E-state index contributed by atoms with van der Waals surface area (Å²) in [5.41, 5.74) is -0.0335. The minimum absolute atomic E-state index is 0.0335. The molecule has 0 aliphatic heterocycles. The van der Waals surface area contributed by atoms with Crippen LogP contribution in [0.5, 0.6) is 0 Å². The normalized spacial score (nSPS) is 12.0. The zero-order chi connectivity index (χ0) is 9.19. The van der Waals surface area contributed by atoms with Crippen LogP contribution in [-0.2, 0) is 6.42 Å². The molecule has 0 radical (unpaired) electrons. The van der Waals surface area contributed by atoms with E-state index in [0.29, 0.717) is 0 Å². The predicted molar refractivity (Wildman–Crippen MR) is 53.9 cm³/mol. The average molecular weight is 205 g/mol. The van der Waals surface area contributed by atoms with Crippen molar-refractivity contribution in [3.63, 3.8) is 0 Å². The van der Waals surface area contributed by atoms with Gasteiger partial charge >= 0.3 is 0 Å². The molecule has 0 saturated heterocycles. The third kappa shape index (κ3) is 2.77. The molecule has 1 rings (SSSR count). The van der Waals surface area contributed by atoms with Crippen molar-refractivity contribution in [3.05, 3.63) is 21.3 Å². The fourth-order valence-electron chi connectivity index (χ4n) is 0.974. The number of hydrogen-bond donors (Lipinski definition) is 1. The molecule has 0 aliphatic carbocycles. The summed E-state index contributed by atoms with van der Waals surface area (Å²) in [6, 6.07) is 1.96. The van der Waals surface area contributed by atoms with Crippen molar-refractivity contribution in [3.8, 4) is 0 Å². The molecule has 0 unspecified atom stereocenters. The number of hydrogen-bond acceptors (Lipinski definition) is 2. The summed E-state index contributed by atoms with van der Waals surface area (Å²) in [6.07, 6.45) is 0.890. The summed E-state index contributed by atoms with van der Waals surface area (Å²) in [5.74, 6) is 0. The fourth-order valence-corrected chi connectivity index (χ4v) is 2.31. The Balaban J connectivity index is 2.63. The van der Waals surface area contributed by atoms with Gasteiger partial charge in [0.05, 0.1) is 5.02 Å². The minimum Gasteiger partial charge on any atom is -0.396 e. The Bertz CT molecular complexity index is 255. The molecule has 12 heavy (non-hydrogen) atoms. The van der Waals surface area contributed by atoms with Crippen LogP contribution < -0.4 is 0 Å². The van der Waals surface area contributed by atoms with Crippen molar-refractivity contribution < 1.29 is 5.11 Å². The van der Waals surface area contributed by atoms with Gasteiger partial charge in [-0.3, -0.25) is 0 Å². The lowest BCUT2D eigenvalue weighted by molar-refractivity contribution is 0.160. The lowest BCUT2D eigenvalue weighted by atomic mass is 9.90. The third-order valence-corrected chi connectivity index (χ3v) is 2.99. The molecule has 0 aromatic carbocycles. The Morgan fingerprint density at radius 3 is 2.67 bits per heavy atom. The topological polar surface area (TPSA) is 20.2 Å². The van der Waals surface area contributed by atoms with Gasteiger partial charge in [0.15, 0.2) is 0 Å². The van der Waals surface area contributed by atoms with Crippen LogP contribution in [0.4, 0.5) is 0 Å². The van der Waals surface area contributed by atoms with E-state index in [9.17, 15) is 0 Å². The second kappa shape index (κ2) is 3.77. The van der Waals surface area contributed by atoms with Gasteiger partial charge in [0.1, 0.15) is 0 Å². The Labute approximate surface area is 82.0 Å². The molecule has 0 saturated carbocycles. The summed E-state index contributed by atoms with van der Waals surface area (Å²) < 4.78 is 0. The molecule has 1 heterocycles. The van der Waals surface area contributed by atoms with Crippen LogP contribution in [0, 0.1) is 5.41 Å². The molecule has 0 fully saturated rings. The second-order valence-electron chi connectivity index (χ2n) is 3.73. The molecule has 0 atom stereocenters. The summed E-state index contributed by atoms with van der Waals surface area (Å²) in [6.45, 7) is 4.30. The van der Waals surface area contributed by atoms with Crippen LogP contribution in [0.1, 0.15) is 18.7 Å². The number of aliphatic hydroxyl groups is 1. The molecule has 0 bridgehead atoms. The van der Waals surface area contributed by atoms with E-state index in [4.69, 9.17) is 16.7 Å². The molecule has 1 nitrogen and oxygen atoms in total. The SMILES string of the molecule is CC(C)(CO)Cc1cc(Cl)cs1. The van der Waals surface area contributed by atoms with E-state index >= 15 is 0 Å². The zero-order valence-corrected chi connectivity index (χ0v) is 8.87. The molecular weight excluding hydrogens is 192 g/mol. The first-order chi connectivity index (χ1) is 5.53. The van der Waals surface area contributed by atoms with Gasteiger partial charge in [-0.2, -0.15) is 0 Å². The van der Waals surface area contributed by atoms with E-state index in [-0.39, 0.29) is 12.0 Å². The Morgan fingerprint density at radius 2 is 2.25 bits per heavy atom. The molecule has 1 aromatic rings. The van der Waals surface area contributed by atoms with Crippen LogP contribution in [0.2, 0.25) is 5.02 Å². The van der Waals surface area contributed by atoms with E-state index in [0.717, 1.165) is 11.4 Å². The highest BCUT2D eigenvalue weighted by atomic mass is 35.5. The molecule has 1 aromatic heterocycles. The first kappa shape index (κ1) is 10.0. The Kier molecular flexibility index (Phi) is 3.16. The number of halogens is 1. The van der Waals surface area contributed by atoms with Gasteiger partial charge in [-0.05, 0) is 17.9 Å². The van der Waals surface area contributed by atoms with Crippen molar-refractivity contribution in [2.45, 2.75) is 20.3 Å². The number of aliphatic hydroxyl groups excluding tert-OH is 1. The van der Waals surface area contributed by atoms with E-state index < -0.39 is 0 Å². The van der Waals surface area contributed by atoms with Gasteiger partial charge < -0.3 is 5.11 Å². The van der Waals surface area contributed by atoms with Crippen molar-refractivity contribution in [2.24, 2.45) is 5.41 Å². The quantitative estimate of drug-likeness (QED) is 0.803. The summed E-state index contributed by atoms with van der Waals surface area (Å²) >= 11 is 7.43. The van der Waals surface area contributed by atoms with Crippen molar-refractivity contribution in [1.29, 1.82) is 0 Å². The Hall–Kier alpha value is -0.0500. The standard InChI is InChI=1S/C9H13ClOS/c1-9(2,6-11)4-8-3-7(10)5-12-8/h3,5,11H,4,6H2,1-2H3. The third-order valence-electron chi connectivity index (χ3n) is 1.70. The van der Waals surface area contributed by atoms with E-state index in [1.54, 1.807) is 11.3 Å². The van der Waals surface area contributed by atoms with E-state index in [1.807, 2.05) is 25.3 Å². The van der Waals surface area contributed by atoms with Gasteiger partial charge in [0, 0.05) is 16.9 Å². The molecule has 1 N–H and O–H groups in total. The van der Waals surface area contributed by atoms with Crippen LogP contribution >= 0.6 is 22.9 Å². The highest BCUT2D eigenvalue weighted by Crippen LogP contribution is 2.27. The zero-order valence-electron chi connectivity index (χ0n) is 7.30. The van der Waals surface area contributed by atoms with Gasteiger partial charge in [0.2, 0.25) is 0 Å². The van der Waals surface area contributed by atoms with Crippen molar-refractivity contribution >= 4 is 22.9 Å². The summed E-state index contributed by atoms with van der Waals surface area (Å²) in [7, 11) is 0. The van der Waals surface area contributed by atoms with Crippen LogP contribution in [-0.4, -0.2) is 11.7 Å². The molecule has 3 heteroatoms. The van der Waals surface area contributed by atoms with E-state index in [1.165, 1.54) is 4.88 Å². The van der Waals surface area contributed by atoms with E-state index in [2.05, 4.69) is 0 Å². The summed E-state index contributed by atoms with van der Waals surface area (Å²) in [4.78, 5) is 1.24. The molecule has 0 spiro atoms. The monoisotopic (exact) mass is 204 g/mol. The lowest BCUT2D eigenvalue weighted by Gasteiger charge is -2.19. The highest BCUT2D eigenvalue weighted by molar-refractivity contribution is 7.10. The fraction of sp³-hybridized carbons (Fsp3) is 0.556. The molecule has 0 aliphatic rings. The largest absolute Gasteiger partial charge is 0.396 e. The molecule has 0 amide bonds. The smallest absolute Gasteiger partial charge is 0.0515 e. The van der Waals surface area contributed by atoms with Gasteiger partial charge in [-0.1, -0.05) is 25.4 Å². The first-order valence-electron chi connectivity index (χ1n) is 3.87. The average Bonchev–Trinajstić information content (AvgIpc) is 2.35. The van der Waals surface area contributed by atoms with Crippen LogP contribution in [0.15, 0.2) is 11.4 Å². The van der Waals surface area contributed by atoms with Gasteiger partial charge in [-0.25, -0.2) is 0 Å². The maximum atomic E-state index is 9.03. The Morgan fingerprint density at radius 1 is 1.58 bits per heavy atom. The lowest BCUT2D eigenvalue weighted by Crippen LogP contribution is -2.18. The predicted octanol–water partition coefficient (Wildman–Crippen LogP) is 2.96. The van der Waals surface area contributed by atoms with Crippen LogP contribution in [0.3, 0.4) is 0 Å². The number of thiophene rings is 1. The maximum absolute atomic E-state index is 9.03. The second-order valence-corrected chi connectivity index (χ2v) is 5.16. The maximum Gasteiger partial charge on any atom is 0.0515 e. The highest BCUT2D eigenvalue weighted by Gasteiger charge is 2.17. The van der Waals surface area contributed by atoms with Crippen molar-refractivity contribution in [1.82, 2.24) is 0 Å².